The van der Waals surface area contributed by atoms with Gasteiger partial charge in [0.05, 0.1) is 5.75 Å². The minimum atomic E-state index is -0.406. The van der Waals surface area contributed by atoms with Crippen molar-refractivity contribution in [3.05, 3.63) is 53.1 Å². The summed E-state index contributed by atoms with van der Waals surface area (Å²) in [5.41, 5.74) is 3.22. The number of hydrogen-bond donors (Lipinski definition) is 0. The van der Waals surface area contributed by atoms with Crippen molar-refractivity contribution in [2.24, 2.45) is 0 Å². The van der Waals surface area contributed by atoms with E-state index in [1.807, 2.05) is 44.2 Å². The van der Waals surface area contributed by atoms with E-state index in [0.29, 0.717) is 31.3 Å². The van der Waals surface area contributed by atoms with E-state index in [1.165, 1.54) is 22.2 Å². The van der Waals surface area contributed by atoms with Gasteiger partial charge in [0.2, 0.25) is 0 Å². The van der Waals surface area contributed by atoms with Crippen molar-refractivity contribution < 1.29 is 23.8 Å². The third-order valence-electron chi connectivity index (χ3n) is 4.48. The van der Waals surface area contributed by atoms with E-state index in [1.54, 1.807) is 7.05 Å². The Bertz CT molecular complexity index is 899. The second-order valence-electron chi connectivity index (χ2n) is 6.95. The first-order valence-corrected chi connectivity index (χ1v) is 10.4. The highest BCUT2D eigenvalue weighted by Crippen LogP contribution is 2.31. The summed E-state index contributed by atoms with van der Waals surface area (Å²) in [5.74, 6) is 0.901. The molecule has 0 aromatic heterocycles. The second kappa shape index (κ2) is 9.69. The Kier molecular flexibility index (Phi) is 7.04. The highest BCUT2D eigenvalue weighted by Gasteiger charge is 2.16. The van der Waals surface area contributed by atoms with Gasteiger partial charge in [-0.15, -0.1) is 11.8 Å². The molecular formula is C22H25NO5S. The Hall–Kier alpha value is -2.67. The molecule has 0 saturated heterocycles. The molecule has 0 fully saturated rings. The van der Waals surface area contributed by atoms with E-state index < -0.39 is 5.97 Å². The molecule has 3 rings (SSSR count). The van der Waals surface area contributed by atoms with Gasteiger partial charge in [0, 0.05) is 18.5 Å². The number of carbonyl (C=O) groups is 2. The van der Waals surface area contributed by atoms with E-state index in [2.05, 4.69) is 6.07 Å². The molecule has 0 unspecified atom stereocenters. The first-order valence-electron chi connectivity index (χ1n) is 9.40. The second-order valence-corrected chi connectivity index (χ2v) is 7.96. The lowest BCUT2D eigenvalue weighted by Crippen LogP contribution is -2.31. The van der Waals surface area contributed by atoms with Crippen molar-refractivity contribution in [1.29, 1.82) is 0 Å². The average Bonchev–Trinajstić information content (AvgIpc) is 2.71. The Morgan fingerprint density at radius 1 is 1.07 bits per heavy atom. The van der Waals surface area contributed by atoms with Crippen LogP contribution in [0.1, 0.15) is 16.7 Å². The molecule has 0 radical (unpaired) electrons. The van der Waals surface area contributed by atoms with Crippen LogP contribution in [0.5, 0.6) is 11.5 Å². The zero-order valence-electron chi connectivity index (χ0n) is 16.9. The van der Waals surface area contributed by atoms with Gasteiger partial charge in [-0.2, -0.15) is 0 Å². The van der Waals surface area contributed by atoms with Gasteiger partial charge >= 0.3 is 5.97 Å². The number of amides is 1. The van der Waals surface area contributed by atoms with Crippen LogP contribution >= 0.6 is 11.8 Å². The topological polar surface area (TPSA) is 65.1 Å². The van der Waals surface area contributed by atoms with Gasteiger partial charge in [-0.05, 0) is 43.2 Å². The summed E-state index contributed by atoms with van der Waals surface area (Å²) in [7, 11) is 1.68. The number of hydrogen-bond acceptors (Lipinski definition) is 6. The predicted molar refractivity (Wildman–Crippen MR) is 112 cm³/mol. The van der Waals surface area contributed by atoms with Gasteiger partial charge in [0.1, 0.15) is 13.2 Å². The standard InChI is InChI=1S/C22H25NO5S/c1-15-4-7-20(16(2)10-15)29-14-22(25)28-13-21(24)23(3)12-17-5-6-18-19(11-17)27-9-8-26-18/h4-7,10-11H,8-9,12-14H2,1-3H3. The van der Waals surface area contributed by atoms with Crippen LogP contribution in [0.25, 0.3) is 0 Å². The number of aryl methyl sites for hydroxylation is 2. The number of rotatable bonds is 7. The summed E-state index contributed by atoms with van der Waals surface area (Å²) in [5, 5.41) is 0. The number of esters is 1. The number of fused-ring (bicyclic) bond motifs is 1. The average molecular weight is 416 g/mol. The summed E-state index contributed by atoms with van der Waals surface area (Å²) < 4.78 is 16.2. The zero-order valence-corrected chi connectivity index (χ0v) is 17.7. The van der Waals surface area contributed by atoms with Gasteiger partial charge in [-0.25, -0.2) is 0 Å². The summed E-state index contributed by atoms with van der Waals surface area (Å²) in [4.78, 5) is 26.8. The lowest BCUT2D eigenvalue weighted by atomic mass is 10.2. The molecule has 2 aromatic carbocycles. The molecule has 7 heteroatoms. The number of nitrogens with zero attached hydrogens (tertiary/aromatic N) is 1. The lowest BCUT2D eigenvalue weighted by molar-refractivity contribution is -0.149. The van der Waals surface area contributed by atoms with Gasteiger partial charge in [0.25, 0.3) is 5.91 Å². The van der Waals surface area contributed by atoms with Gasteiger partial charge in [-0.1, -0.05) is 23.8 Å². The van der Waals surface area contributed by atoms with Crippen LogP contribution in [0.3, 0.4) is 0 Å². The Morgan fingerprint density at radius 2 is 1.83 bits per heavy atom. The normalized spacial score (nSPS) is 12.4. The van der Waals surface area contributed by atoms with E-state index in [0.717, 1.165) is 16.0 Å². The molecule has 154 valence electrons. The van der Waals surface area contributed by atoms with Crippen molar-refractivity contribution in [2.75, 3.05) is 32.6 Å². The monoisotopic (exact) mass is 415 g/mol. The van der Waals surface area contributed by atoms with Crippen molar-refractivity contribution >= 4 is 23.6 Å². The first kappa shape index (κ1) is 21.0. The Labute approximate surface area is 175 Å². The fraction of sp³-hybridized carbons (Fsp3) is 0.364. The third-order valence-corrected chi connectivity index (χ3v) is 5.63. The summed E-state index contributed by atoms with van der Waals surface area (Å²) >= 11 is 1.41. The number of thioether (sulfide) groups is 1. The van der Waals surface area contributed by atoms with Crippen LogP contribution in [0.2, 0.25) is 0 Å². The molecule has 0 aliphatic carbocycles. The van der Waals surface area contributed by atoms with Crippen molar-refractivity contribution in [3.63, 3.8) is 0 Å². The molecule has 6 nitrogen and oxygen atoms in total. The highest BCUT2D eigenvalue weighted by atomic mass is 32.2. The minimum absolute atomic E-state index is 0.170. The molecule has 0 atom stereocenters. The van der Waals surface area contributed by atoms with Gasteiger partial charge in [-0.3, -0.25) is 9.59 Å². The quantitative estimate of drug-likeness (QED) is 0.510. The molecule has 1 amide bonds. The van der Waals surface area contributed by atoms with E-state index in [9.17, 15) is 9.59 Å². The maximum Gasteiger partial charge on any atom is 0.316 e. The maximum absolute atomic E-state index is 12.3. The van der Waals surface area contributed by atoms with Crippen LogP contribution in [0, 0.1) is 13.8 Å². The largest absolute Gasteiger partial charge is 0.486 e. The van der Waals surface area contributed by atoms with Gasteiger partial charge < -0.3 is 19.1 Å². The minimum Gasteiger partial charge on any atom is -0.486 e. The maximum atomic E-state index is 12.3. The first-order chi connectivity index (χ1) is 13.9. The Morgan fingerprint density at radius 3 is 2.59 bits per heavy atom. The molecule has 1 aliphatic rings. The molecule has 0 spiro atoms. The number of benzene rings is 2. The molecule has 0 N–H and O–H groups in total. The lowest BCUT2D eigenvalue weighted by Gasteiger charge is -2.21. The fourth-order valence-electron chi connectivity index (χ4n) is 2.94. The summed E-state index contributed by atoms with van der Waals surface area (Å²) in [6.07, 6.45) is 0. The SMILES string of the molecule is Cc1ccc(SCC(=O)OCC(=O)N(C)Cc2ccc3c(c2)OCCO3)c(C)c1. The van der Waals surface area contributed by atoms with Crippen molar-refractivity contribution in [2.45, 2.75) is 25.3 Å². The fourth-order valence-corrected chi connectivity index (χ4v) is 3.75. The van der Waals surface area contributed by atoms with Crippen LogP contribution < -0.4 is 9.47 Å². The van der Waals surface area contributed by atoms with Crippen molar-refractivity contribution in [3.8, 4) is 11.5 Å². The Balaban J connectivity index is 1.44. The predicted octanol–water partition coefficient (Wildman–Crippen LogP) is 3.37. The van der Waals surface area contributed by atoms with E-state index in [4.69, 9.17) is 14.2 Å². The number of ether oxygens (including phenoxy) is 3. The van der Waals surface area contributed by atoms with E-state index in [-0.39, 0.29) is 18.3 Å². The smallest absolute Gasteiger partial charge is 0.316 e. The summed E-state index contributed by atoms with van der Waals surface area (Å²) in [6.45, 7) is 5.22. The molecule has 0 bridgehead atoms. The molecule has 0 saturated carbocycles. The zero-order chi connectivity index (χ0) is 20.8. The van der Waals surface area contributed by atoms with Crippen LogP contribution in [0.15, 0.2) is 41.3 Å². The van der Waals surface area contributed by atoms with Crippen LogP contribution in [0.4, 0.5) is 0 Å². The van der Waals surface area contributed by atoms with Crippen LogP contribution in [-0.2, 0) is 20.9 Å². The number of carbonyl (C=O) groups excluding carboxylic acids is 2. The van der Waals surface area contributed by atoms with Gasteiger partial charge in [0.15, 0.2) is 18.1 Å². The molecule has 29 heavy (non-hydrogen) atoms. The third kappa shape index (κ3) is 5.90. The molecular weight excluding hydrogens is 390 g/mol. The van der Waals surface area contributed by atoms with E-state index >= 15 is 0 Å². The molecule has 1 heterocycles. The molecule has 1 aliphatic heterocycles. The number of likely N-dealkylation sites (N-methyl/N-ethyl adjacent to an activating group) is 1. The summed E-state index contributed by atoms with van der Waals surface area (Å²) in [6, 6.07) is 11.7. The van der Waals surface area contributed by atoms with Crippen molar-refractivity contribution in [1.82, 2.24) is 4.90 Å². The highest BCUT2D eigenvalue weighted by molar-refractivity contribution is 8.00. The molecule has 2 aromatic rings. The van der Waals surface area contributed by atoms with Crippen LogP contribution in [-0.4, -0.2) is 49.4 Å².